The van der Waals surface area contributed by atoms with E-state index in [1.165, 1.54) is 9.75 Å². The van der Waals surface area contributed by atoms with Gasteiger partial charge in [0.15, 0.2) is 0 Å². The van der Waals surface area contributed by atoms with Gasteiger partial charge in [0.1, 0.15) is 0 Å². The van der Waals surface area contributed by atoms with Gasteiger partial charge in [-0.1, -0.05) is 0 Å². The molecule has 0 bridgehead atoms. The summed E-state index contributed by atoms with van der Waals surface area (Å²) in [5, 5.41) is 0. The monoisotopic (exact) mass is 218 g/mol. The van der Waals surface area contributed by atoms with E-state index in [1.54, 1.807) is 22.7 Å². The van der Waals surface area contributed by atoms with Gasteiger partial charge in [0.05, 0.1) is 9.75 Å². The van der Waals surface area contributed by atoms with Crippen LogP contribution in [-0.4, -0.2) is 0 Å². The zero-order valence-electron chi connectivity index (χ0n) is 8.13. The predicted octanol–water partition coefficient (Wildman–Crippen LogP) is 3.83. The minimum Gasteiger partial charge on any atom is -0.132 e. The number of hydrogen-bond acceptors (Lipinski definition) is 2. The van der Waals surface area contributed by atoms with Crippen LogP contribution in [0.1, 0.15) is 19.5 Å². The lowest BCUT2D eigenvalue weighted by Gasteiger charge is -1.78. The Morgan fingerprint density at radius 1 is 0.786 bits per heavy atom. The number of rotatable bonds is 0. The molecule has 0 fully saturated rings. The molecule has 0 atom stereocenters. The zero-order chi connectivity index (χ0) is 9.97. The van der Waals surface area contributed by atoms with E-state index < -0.39 is 0 Å². The van der Waals surface area contributed by atoms with Crippen LogP contribution in [-0.2, 0) is 0 Å². The van der Waals surface area contributed by atoms with Crippen LogP contribution in [0.2, 0.25) is 0 Å². The Bertz CT molecular complexity index is 447. The molecule has 0 unspecified atom stereocenters. The van der Waals surface area contributed by atoms with Gasteiger partial charge in [-0.3, -0.25) is 0 Å². The van der Waals surface area contributed by atoms with E-state index in [9.17, 15) is 0 Å². The smallest absolute Gasteiger partial charge is 0.0775 e. The van der Waals surface area contributed by atoms with Crippen LogP contribution in [0.4, 0.5) is 0 Å². The second-order valence-corrected chi connectivity index (χ2v) is 5.65. The van der Waals surface area contributed by atoms with Gasteiger partial charge in [0.25, 0.3) is 0 Å². The fraction of sp³-hybridized carbons (Fsp3) is 0.167. The predicted molar refractivity (Wildman–Crippen MR) is 64.1 cm³/mol. The van der Waals surface area contributed by atoms with Crippen LogP contribution >= 0.6 is 22.7 Å². The summed E-state index contributed by atoms with van der Waals surface area (Å²) in [5.74, 6) is 6.35. The molecule has 0 spiro atoms. The second kappa shape index (κ2) is 4.00. The topological polar surface area (TPSA) is 0 Å². The highest BCUT2D eigenvalue weighted by molar-refractivity contribution is 7.13. The lowest BCUT2D eigenvalue weighted by atomic mass is 10.4. The van der Waals surface area contributed by atoms with Crippen molar-refractivity contribution in [1.29, 1.82) is 0 Å². The van der Waals surface area contributed by atoms with E-state index in [0.29, 0.717) is 0 Å². The summed E-state index contributed by atoms with van der Waals surface area (Å²) < 4.78 is 0. The maximum absolute atomic E-state index is 3.17. The van der Waals surface area contributed by atoms with E-state index in [2.05, 4.69) is 50.0 Å². The molecule has 2 rings (SSSR count). The normalized spacial score (nSPS) is 9.57. The van der Waals surface area contributed by atoms with Crippen molar-refractivity contribution in [3.05, 3.63) is 43.8 Å². The van der Waals surface area contributed by atoms with Crippen molar-refractivity contribution in [2.45, 2.75) is 13.8 Å². The lowest BCUT2D eigenvalue weighted by Crippen LogP contribution is -1.61. The van der Waals surface area contributed by atoms with Crippen LogP contribution in [0, 0.1) is 25.7 Å². The summed E-state index contributed by atoms with van der Waals surface area (Å²) in [6.07, 6.45) is 0. The first kappa shape index (κ1) is 9.51. The molecule has 0 saturated carbocycles. The Kier molecular flexibility index (Phi) is 2.72. The van der Waals surface area contributed by atoms with Crippen molar-refractivity contribution < 1.29 is 0 Å². The van der Waals surface area contributed by atoms with Crippen molar-refractivity contribution >= 4 is 22.7 Å². The van der Waals surface area contributed by atoms with Crippen molar-refractivity contribution in [2.75, 3.05) is 0 Å². The van der Waals surface area contributed by atoms with Crippen molar-refractivity contribution in [3.8, 4) is 11.8 Å². The molecule has 0 aromatic carbocycles. The molecule has 0 radical (unpaired) electrons. The summed E-state index contributed by atoms with van der Waals surface area (Å²) in [4.78, 5) is 4.93. The third-order valence-corrected chi connectivity index (χ3v) is 3.62. The van der Waals surface area contributed by atoms with Gasteiger partial charge in [-0.2, -0.15) is 0 Å². The minimum atomic E-state index is 1.15. The molecule has 0 nitrogen and oxygen atoms in total. The van der Waals surface area contributed by atoms with E-state index in [-0.39, 0.29) is 0 Å². The highest BCUT2D eigenvalue weighted by Crippen LogP contribution is 2.16. The standard InChI is InChI=1S/C12H10S2/c1-9-3-5-11(13-9)7-8-12-6-4-10(2)14-12/h3-6H,1-2H3. The first-order valence-corrected chi connectivity index (χ1v) is 6.02. The molecule has 14 heavy (non-hydrogen) atoms. The van der Waals surface area contributed by atoms with Gasteiger partial charge < -0.3 is 0 Å². The Morgan fingerprint density at radius 3 is 1.50 bits per heavy atom. The van der Waals surface area contributed by atoms with Gasteiger partial charge in [-0.05, 0) is 50.0 Å². The highest BCUT2D eigenvalue weighted by Gasteiger charge is 1.92. The molecule has 2 heterocycles. The summed E-state index contributed by atoms with van der Waals surface area (Å²) in [5.41, 5.74) is 0. The van der Waals surface area contributed by atoms with Crippen LogP contribution in [0.5, 0.6) is 0 Å². The fourth-order valence-electron chi connectivity index (χ4n) is 1.13. The highest BCUT2D eigenvalue weighted by atomic mass is 32.1. The second-order valence-electron chi connectivity index (χ2n) is 3.07. The number of aryl methyl sites for hydroxylation is 2. The third kappa shape index (κ3) is 2.25. The number of hydrogen-bond donors (Lipinski definition) is 0. The van der Waals surface area contributed by atoms with Gasteiger partial charge in [0, 0.05) is 9.75 Å². The Balaban J connectivity index is 2.22. The van der Waals surface area contributed by atoms with Crippen molar-refractivity contribution in [3.63, 3.8) is 0 Å². The maximum atomic E-state index is 3.17. The summed E-state index contributed by atoms with van der Waals surface area (Å²) in [6.45, 7) is 4.20. The van der Waals surface area contributed by atoms with Crippen LogP contribution in [0.3, 0.4) is 0 Å². The molecule has 0 N–H and O–H groups in total. The number of thiophene rings is 2. The molecular weight excluding hydrogens is 208 g/mol. The van der Waals surface area contributed by atoms with Gasteiger partial charge >= 0.3 is 0 Å². The van der Waals surface area contributed by atoms with Crippen LogP contribution < -0.4 is 0 Å². The van der Waals surface area contributed by atoms with Gasteiger partial charge in [-0.15, -0.1) is 22.7 Å². The van der Waals surface area contributed by atoms with E-state index in [1.807, 2.05) is 0 Å². The molecule has 0 saturated heterocycles. The third-order valence-electron chi connectivity index (χ3n) is 1.79. The fourth-order valence-corrected chi connectivity index (χ4v) is 2.57. The molecule has 2 aromatic heterocycles. The Morgan fingerprint density at radius 2 is 1.21 bits per heavy atom. The van der Waals surface area contributed by atoms with Crippen molar-refractivity contribution in [1.82, 2.24) is 0 Å². The molecular formula is C12H10S2. The SMILES string of the molecule is Cc1ccc(C#Cc2ccc(C)s2)s1. The van der Waals surface area contributed by atoms with Crippen molar-refractivity contribution in [2.24, 2.45) is 0 Å². The lowest BCUT2D eigenvalue weighted by molar-refractivity contribution is 1.64. The first-order valence-electron chi connectivity index (χ1n) is 4.39. The summed E-state index contributed by atoms with van der Waals surface area (Å²) in [7, 11) is 0. The van der Waals surface area contributed by atoms with Crippen LogP contribution in [0.15, 0.2) is 24.3 Å². The molecule has 0 aliphatic carbocycles. The molecule has 70 valence electrons. The van der Waals surface area contributed by atoms with E-state index in [0.717, 1.165) is 9.75 Å². The average Bonchev–Trinajstić information content (AvgIpc) is 2.72. The Hall–Kier alpha value is -1.04. The summed E-state index contributed by atoms with van der Waals surface area (Å²) >= 11 is 3.49. The van der Waals surface area contributed by atoms with Crippen LogP contribution in [0.25, 0.3) is 0 Å². The van der Waals surface area contributed by atoms with E-state index in [4.69, 9.17) is 0 Å². The molecule has 2 aromatic rings. The van der Waals surface area contributed by atoms with Gasteiger partial charge in [0.2, 0.25) is 0 Å². The minimum absolute atomic E-state index is 1.15. The largest absolute Gasteiger partial charge is 0.132 e. The average molecular weight is 218 g/mol. The molecule has 2 heteroatoms. The first-order chi connectivity index (χ1) is 6.74. The molecule has 0 aliphatic rings. The molecule has 0 aliphatic heterocycles. The maximum Gasteiger partial charge on any atom is 0.0775 e. The zero-order valence-corrected chi connectivity index (χ0v) is 9.76. The quantitative estimate of drug-likeness (QED) is 0.590. The summed E-state index contributed by atoms with van der Waals surface area (Å²) in [6, 6.07) is 8.36. The molecule has 0 amide bonds. The van der Waals surface area contributed by atoms with E-state index >= 15 is 0 Å². The Labute approximate surface area is 92.2 Å². The van der Waals surface area contributed by atoms with Gasteiger partial charge in [-0.25, -0.2) is 0 Å².